The average molecular weight is 492 g/mol. The van der Waals surface area contributed by atoms with E-state index in [1.807, 2.05) is 72.3 Å². The second-order valence-corrected chi connectivity index (χ2v) is 8.39. The van der Waals surface area contributed by atoms with E-state index in [2.05, 4.69) is 27.8 Å². The van der Waals surface area contributed by atoms with Crippen molar-refractivity contribution >= 4 is 52.8 Å². The molecule has 4 rings (SSSR count). The van der Waals surface area contributed by atoms with Crippen molar-refractivity contribution in [3.63, 3.8) is 0 Å². The minimum Gasteiger partial charge on any atom is -0.311 e. The number of anilines is 2. The smallest absolute Gasteiger partial charge is 0.311 e. The lowest BCUT2D eigenvalue weighted by molar-refractivity contribution is 0.262. The monoisotopic (exact) mass is 491 g/mol. The third-order valence-electron chi connectivity index (χ3n) is 5.35. The molecule has 4 aromatic rings. The molecule has 0 spiro atoms. The van der Waals surface area contributed by atoms with Crippen LogP contribution in [0.15, 0.2) is 66.7 Å². The highest BCUT2D eigenvalue weighted by Gasteiger charge is 2.11. The SMILES string of the molecule is CCc1ccccc1NC(=O)Nc1ccc(-c2nnc(/C=C/c3c(Cl)cccc3Cl)n2C)cc1. The first-order chi connectivity index (χ1) is 16.5. The van der Waals surface area contributed by atoms with Crippen LogP contribution in [0.2, 0.25) is 10.0 Å². The van der Waals surface area contributed by atoms with Crippen LogP contribution in [0.5, 0.6) is 0 Å². The van der Waals surface area contributed by atoms with Crippen LogP contribution in [0.25, 0.3) is 23.5 Å². The van der Waals surface area contributed by atoms with Gasteiger partial charge in [0.15, 0.2) is 11.6 Å². The number of para-hydroxylation sites is 1. The lowest BCUT2D eigenvalue weighted by atomic mass is 10.1. The number of carbonyl (C=O) groups is 1. The number of carbonyl (C=O) groups excluding carboxylic acids is 1. The topological polar surface area (TPSA) is 71.8 Å². The number of nitrogens with one attached hydrogen (secondary N) is 2. The first kappa shape index (κ1) is 23.5. The van der Waals surface area contributed by atoms with Gasteiger partial charge in [0.25, 0.3) is 0 Å². The third-order valence-corrected chi connectivity index (χ3v) is 6.01. The highest BCUT2D eigenvalue weighted by atomic mass is 35.5. The summed E-state index contributed by atoms with van der Waals surface area (Å²) in [6.45, 7) is 2.05. The fourth-order valence-corrected chi connectivity index (χ4v) is 4.03. The summed E-state index contributed by atoms with van der Waals surface area (Å²) in [7, 11) is 1.88. The number of hydrogen-bond acceptors (Lipinski definition) is 3. The number of aryl methyl sites for hydroxylation is 1. The zero-order valence-corrected chi connectivity index (χ0v) is 20.2. The van der Waals surface area contributed by atoms with Crippen LogP contribution in [0.3, 0.4) is 0 Å². The number of amides is 2. The van der Waals surface area contributed by atoms with Gasteiger partial charge in [0.1, 0.15) is 0 Å². The van der Waals surface area contributed by atoms with Gasteiger partial charge in [-0.05, 0) is 66.6 Å². The van der Waals surface area contributed by atoms with Gasteiger partial charge < -0.3 is 15.2 Å². The molecule has 0 aliphatic rings. The summed E-state index contributed by atoms with van der Waals surface area (Å²) in [5, 5.41) is 15.5. The van der Waals surface area contributed by atoms with E-state index < -0.39 is 0 Å². The van der Waals surface area contributed by atoms with Crippen LogP contribution >= 0.6 is 23.2 Å². The molecule has 1 aromatic heterocycles. The van der Waals surface area contributed by atoms with Crippen LogP contribution in [-0.4, -0.2) is 20.8 Å². The van der Waals surface area contributed by atoms with Crippen LogP contribution < -0.4 is 10.6 Å². The number of benzene rings is 3. The summed E-state index contributed by atoms with van der Waals surface area (Å²) in [6.07, 6.45) is 4.48. The summed E-state index contributed by atoms with van der Waals surface area (Å²) in [5.41, 5.74) is 4.15. The molecule has 0 saturated carbocycles. The van der Waals surface area contributed by atoms with Crippen molar-refractivity contribution < 1.29 is 4.79 Å². The molecule has 6 nitrogen and oxygen atoms in total. The number of urea groups is 1. The minimum atomic E-state index is -0.294. The molecule has 1 heterocycles. The number of aromatic nitrogens is 3. The van der Waals surface area contributed by atoms with Crippen LogP contribution in [-0.2, 0) is 13.5 Å². The van der Waals surface area contributed by atoms with Crippen molar-refractivity contribution in [3.05, 3.63) is 93.7 Å². The fourth-order valence-electron chi connectivity index (χ4n) is 3.50. The largest absolute Gasteiger partial charge is 0.323 e. The first-order valence-corrected chi connectivity index (χ1v) is 11.5. The second kappa shape index (κ2) is 10.5. The quantitative estimate of drug-likeness (QED) is 0.300. The van der Waals surface area contributed by atoms with E-state index in [0.29, 0.717) is 27.4 Å². The summed E-state index contributed by atoms with van der Waals surface area (Å²) < 4.78 is 1.87. The number of halogens is 2. The zero-order valence-electron chi connectivity index (χ0n) is 18.7. The molecule has 0 bridgehead atoms. The molecule has 0 atom stereocenters. The maximum absolute atomic E-state index is 12.4. The highest BCUT2D eigenvalue weighted by Crippen LogP contribution is 2.27. The maximum Gasteiger partial charge on any atom is 0.323 e. The van der Waals surface area contributed by atoms with Gasteiger partial charge in [-0.15, -0.1) is 10.2 Å². The molecule has 0 radical (unpaired) electrons. The molecular formula is C26H23Cl2N5O. The molecule has 3 aromatic carbocycles. The van der Waals surface area contributed by atoms with Gasteiger partial charge in [-0.25, -0.2) is 4.79 Å². The van der Waals surface area contributed by atoms with Crippen LogP contribution in [0.1, 0.15) is 23.9 Å². The van der Waals surface area contributed by atoms with E-state index in [-0.39, 0.29) is 6.03 Å². The van der Waals surface area contributed by atoms with Crippen molar-refractivity contribution in [2.75, 3.05) is 10.6 Å². The van der Waals surface area contributed by atoms with Gasteiger partial charge in [0.2, 0.25) is 0 Å². The number of nitrogens with zero attached hydrogens (tertiary/aromatic N) is 3. The van der Waals surface area contributed by atoms with Gasteiger partial charge in [0.05, 0.1) is 0 Å². The van der Waals surface area contributed by atoms with E-state index in [1.54, 1.807) is 18.2 Å². The highest BCUT2D eigenvalue weighted by molar-refractivity contribution is 6.37. The van der Waals surface area contributed by atoms with Crippen molar-refractivity contribution in [2.24, 2.45) is 7.05 Å². The summed E-state index contributed by atoms with van der Waals surface area (Å²) in [4.78, 5) is 12.4. The van der Waals surface area contributed by atoms with Crippen molar-refractivity contribution in [1.29, 1.82) is 0 Å². The fraction of sp³-hybridized carbons (Fsp3) is 0.115. The Bertz CT molecular complexity index is 1330. The zero-order chi connectivity index (χ0) is 24.1. The molecule has 8 heteroatoms. The Kier molecular flexibility index (Phi) is 7.30. The Hall–Kier alpha value is -3.61. The Labute approximate surface area is 208 Å². The van der Waals surface area contributed by atoms with E-state index in [1.165, 1.54) is 0 Å². The van der Waals surface area contributed by atoms with Crippen LogP contribution in [0.4, 0.5) is 16.2 Å². The van der Waals surface area contributed by atoms with E-state index in [9.17, 15) is 4.79 Å². The summed E-state index contributed by atoms with van der Waals surface area (Å²) in [6, 6.07) is 20.3. The maximum atomic E-state index is 12.4. The summed E-state index contributed by atoms with van der Waals surface area (Å²) >= 11 is 12.5. The van der Waals surface area contributed by atoms with Gasteiger partial charge in [-0.2, -0.15) is 0 Å². The lowest BCUT2D eigenvalue weighted by Gasteiger charge is -2.11. The second-order valence-electron chi connectivity index (χ2n) is 7.58. The van der Waals surface area contributed by atoms with E-state index in [0.717, 1.165) is 28.8 Å². The molecule has 2 N–H and O–H groups in total. The normalized spacial score (nSPS) is 11.1. The van der Waals surface area contributed by atoms with Gasteiger partial charge >= 0.3 is 6.03 Å². The molecule has 0 aliphatic heterocycles. The molecule has 34 heavy (non-hydrogen) atoms. The van der Waals surface area contributed by atoms with Gasteiger partial charge in [-0.3, -0.25) is 0 Å². The Morgan fingerprint density at radius 2 is 1.62 bits per heavy atom. The number of hydrogen-bond donors (Lipinski definition) is 2. The lowest BCUT2D eigenvalue weighted by Crippen LogP contribution is -2.20. The average Bonchev–Trinajstić information content (AvgIpc) is 3.20. The number of rotatable bonds is 6. The van der Waals surface area contributed by atoms with E-state index in [4.69, 9.17) is 23.2 Å². The molecule has 0 fully saturated rings. The third kappa shape index (κ3) is 5.30. The molecule has 0 saturated heterocycles. The molecule has 172 valence electrons. The van der Waals surface area contributed by atoms with Crippen molar-refractivity contribution in [3.8, 4) is 11.4 Å². The first-order valence-electron chi connectivity index (χ1n) is 10.7. The Balaban J connectivity index is 1.45. The molecular weight excluding hydrogens is 469 g/mol. The predicted octanol–water partition coefficient (Wildman–Crippen LogP) is 7.17. The van der Waals surface area contributed by atoms with Crippen molar-refractivity contribution in [1.82, 2.24) is 14.8 Å². The molecule has 0 unspecified atom stereocenters. The van der Waals surface area contributed by atoms with Gasteiger partial charge in [-0.1, -0.05) is 54.4 Å². The molecule has 2 amide bonds. The van der Waals surface area contributed by atoms with Crippen LogP contribution in [0, 0.1) is 0 Å². The molecule has 0 aliphatic carbocycles. The van der Waals surface area contributed by atoms with E-state index >= 15 is 0 Å². The minimum absolute atomic E-state index is 0.294. The summed E-state index contributed by atoms with van der Waals surface area (Å²) in [5.74, 6) is 1.35. The Morgan fingerprint density at radius 1 is 0.912 bits per heavy atom. The Morgan fingerprint density at radius 3 is 2.32 bits per heavy atom. The van der Waals surface area contributed by atoms with Gasteiger partial charge in [0, 0.05) is 39.6 Å². The predicted molar refractivity (Wildman–Crippen MR) is 140 cm³/mol. The standard InChI is InChI=1S/C26H23Cl2N5O/c1-3-17-7-4-5-10-23(17)30-26(34)29-19-13-11-18(12-14-19)25-32-31-24(33(25)2)16-15-20-21(27)8-6-9-22(20)28/h4-16H,3H2,1-2H3,(H2,29,30,34)/b16-15+. The van der Waals surface area contributed by atoms with Crippen molar-refractivity contribution in [2.45, 2.75) is 13.3 Å².